The van der Waals surface area contributed by atoms with Gasteiger partial charge < -0.3 is 10.3 Å². The topological polar surface area (TPSA) is 44.9 Å². The molecule has 3 nitrogen and oxygen atoms in total. The molecule has 0 amide bonds. The second kappa shape index (κ2) is 3.03. The molecule has 2 rings (SSSR count). The zero-order chi connectivity index (χ0) is 8.55. The van der Waals surface area contributed by atoms with Gasteiger partial charge in [-0.1, -0.05) is 0 Å². The number of hydrogen-bond donors (Lipinski definition) is 2. The second-order valence-corrected chi connectivity index (χ2v) is 3.74. The summed E-state index contributed by atoms with van der Waals surface area (Å²) in [5.41, 5.74) is 0.918. The summed E-state index contributed by atoms with van der Waals surface area (Å²) < 4.78 is 0.605. The van der Waals surface area contributed by atoms with Gasteiger partial charge in [0.25, 0.3) is 0 Å². The normalized spacial score (nSPS) is 21.9. The van der Waals surface area contributed by atoms with Crippen molar-refractivity contribution in [1.82, 2.24) is 10.3 Å². The van der Waals surface area contributed by atoms with Gasteiger partial charge in [-0.05, 0) is 28.9 Å². The number of pyridine rings is 1. The number of rotatable bonds is 1. The first-order valence-electron chi connectivity index (χ1n) is 3.89. The fourth-order valence-electron chi connectivity index (χ4n) is 1.29. The summed E-state index contributed by atoms with van der Waals surface area (Å²) >= 11 is 3.20. The molecule has 2 heterocycles. The number of nitrogens with one attached hydrogen (secondary N) is 2. The first-order valence-corrected chi connectivity index (χ1v) is 4.68. The first kappa shape index (κ1) is 8.01. The standard InChI is InChI=1S/C8H9BrN2O/c9-6-4-10-3-5(8(6)12)7-1-2-11-7/h3-4,7,11H,1-2H2,(H,10,12)/t7-/m0/s1. The lowest BCUT2D eigenvalue weighted by Gasteiger charge is -2.27. The predicted molar refractivity (Wildman–Crippen MR) is 50.1 cm³/mol. The van der Waals surface area contributed by atoms with Gasteiger partial charge in [-0.2, -0.15) is 0 Å². The van der Waals surface area contributed by atoms with Crippen LogP contribution < -0.4 is 10.7 Å². The summed E-state index contributed by atoms with van der Waals surface area (Å²) in [5.74, 6) is 0. The van der Waals surface area contributed by atoms with Crippen molar-refractivity contribution in [3.05, 3.63) is 32.7 Å². The Bertz CT molecular complexity index is 343. The lowest BCUT2D eigenvalue weighted by atomic mass is 10.00. The smallest absolute Gasteiger partial charge is 0.200 e. The van der Waals surface area contributed by atoms with E-state index in [1.54, 1.807) is 12.4 Å². The number of aromatic nitrogens is 1. The zero-order valence-corrected chi connectivity index (χ0v) is 8.02. The highest BCUT2D eigenvalue weighted by Crippen LogP contribution is 2.19. The van der Waals surface area contributed by atoms with Crippen LogP contribution in [0.2, 0.25) is 0 Å². The van der Waals surface area contributed by atoms with E-state index >= 15 is 0 Å². The molecule has 64 valence electrons. The Balaban J connectivity index is 2.43. The van der Waals surface area contributed by atoms with E-state index in [-0.39, 0.29) is 11.5 Å². The summed E-state index contributed by atoms with van der Waals surface area (Å²) in [4.78, 5) is 14.4. The van der Waals surface area contributed by atoms with Gasteiger partial charge in [-0.3, -0.25) is 4.79 Å². The van der Waals surface area contributed by atoms with E-state index in [9.17, 15) is 4.79 Å². The largest absolute Gasteiger partial charge is 0.366 e. The molecule has 0 radical (unpaired) electrons. The molecular formula is C8H9BrN2O. The molecule has 0 unspecified atom stereocenters. The highest BCUT2D eigenvalue weighted by molar-refractivity contribution is 9.10. The Hall–Kier alpha value is -0.610. The molecule has 1 aliphatic rings. The van der Waals surface area contributed by atoms with Crippen LogP contribution in [-0.2, 0) is 0 Å². The minimum absolute atomic E-state index is 0.0888. The van der Waals surface area contributed by atoms with Crippen LogP contribution in [0.15, 0.2) is 21.7 Å². The number of H-pyrrole nitrogens is 1. The van der Waals surface area contributed by atoms with Crippen molar-refractivity contribution in [2.45, 2.75) is 12.5 Å². The second-order valence-electron chi connectivity index (χ2n) is 2.88. The molecule has 0 aliphatic carbocycles. The summed E-state index contributed by atoms with van der Waals surface area (Å²) in [7, 11) is 0. The summed E-state index contributed by atoms with van der Waals surface area (Å²) in [6.45, 7) is 1.01. The van der Waals surface area contributed by atoms with E-state index in [2.05, 4.69) is 26.2 Å². The maximum absolute atomic E-state index is 11.5. The Morgan fingerprint density at radius 2 is 2.25 bits per heavy atom. The molecule has 1 aromatic rings. The third-order valence-electron chi connectivity index (χ3n) is 2.13. The average Bonchev–Trinajstić information content (AvgIpc) is 1.95. The molecular weight excluding hydrogens is 220 g/mol. The molecule has 0 spiro atoms. The van der Waals surface area contributed by atoms with Crippen LogP contribution in [0, 0.1) is 0 Å². The van der Waals surface area contributed by atoms with Gasteiger partial charge in [-0.25, -0.2) is 0 Å². The molecule has 4 heteroatoms. The van der Waals surface area contributed by atoms with Crippen LogP contribution >= 0.6 is 15.9 Å². The maximum Gasteiger partial charge on any atom is 0.200 e. The fraction of sp³-hybridized carbons (Fsp3) is 0.375. The molecule has 0 bridgehead atoms. The zero-order valence-electron chi connectivity index (χ0n) is 6.43. The molecule has 0 saturated carbocycles. The third-order valence-corrected chi connectivity index (χ3v) is 2.72. The average molecular weight is 229 g/mol. The van der Waals surface area contributed by atoms with Crippen molar-refractivity contribution >= 4 is 15.9 Å². The Morgan fingerprint density at radius 1 is 1.50 bits per heavy atom. The van der Waals surface area contributed by atoms with Crippen molar-refractivity contribution in [3.63, 3.8) is 0 Å². The van der Waals surface area contributed by atoms with Crippen LogP contribution in [0.3, 0.4) is 0 Å². The highest BCUT2D eigenvalue weighted by Gasteiger charge is 2.21. The van der Waals surface area contributed by atoms with E-state index in [1.807, 2.05) is 0 Å². The van der Waals surface area contributed by atoms with Crippen LogP contribution in [0.4, 0.5) is 0 Å². The maximum atomic E-state index is 11.5. The molecule has 1 atom stereocenters. The molecule has 1 fully saturated rings. The van der Waals surface area contributed by atoms with Crippen molar-refractivity contribution < 1.29 is 0 Å². The number of aromatic amines is 1. The van der Waals surface area contributed by atoms with Gasteiger partial charge in [-0.15, -0.1) is 0 Å². The van der Waals surface area contributed by atoms with Gasteiger partial charge in [0.2, 0.25) is 0 Å². The summed E-state index contributed by atoms with van der Waals surface area (Å²) in [6, 6.07) is 0.256. The Labute approximate surface area is 78.3 Å². The first-order chi connectivity index (χ1) is 5.79. The fourth-order valence-corrected chi connectivity index (χ4v) is 1.65. The van der Waals surface area contributed by atoms with Gasteiger partial charge in [0.05, 0.1) is 4.47 Å². The van der Waals surface area contributed by atoms with Crippen LogP contribution in [0.25, 0.3) is 0 Å². The van der Waals surface area contributed by atoms with Gasteiger partial charge in [0, 0.05) is 24.0 Å². The molecule has 1 aliphatic heterocycles. The van der Waals surface area contributed by atoms with E-state index in [4.69, 9.17) is 0 Å². The number of hydrogen-bond acceptors (Lipinski definition) is 2. The van der Waals surface area contributed by atoms with E-state index in [0.29, 0.717) is 4.47 Å². The van der Waals surface area contributed by atoms with Gasteiger partial charge in [0.1, 0.15) is 0 Å². The lowest BCUT2D eigenvalue weighted by Crippen LogP contribution is -2.38. The minimum Gasteiger partial charge on any atom is -0.366 e. The summed E-state index contributed by atoms with van der Waals surface area (Å²) in [6.07, 6.45) is 4.48. The van der Waals surface area contributed by atoms with E-state index < -0.39 is 0 Å². The van der Waals surface area contributed by atoms with Crippen molar-refractivity contribution in [2.24, 2.45) is 0 Å². The van der Waals surface area contributed by atoms with E-state index in [0.717, 1.165) is 18.5 Å². The molecule has 1 saturated heterocycles. The van der Waals surface area contributed by atoms with Crippen LogP contribution in [0.1, 0.15) is 18.0 Å². The monoisotopic (exact) mass is 228 g/mol. The minimum atomic E-state index is 0.0888. The van der Waals surface area contributed by atoms with Crippen molar-refractivity contribution in [2.75, 3.05) is 6.54 Å². The van der Waals surface area contributed by atoms with Crippen LogP contribution in [0.5, 0.6) is 0 Å². The Kier molecular flexibility index (Phi) is 2.02. The van der Waals surface area contributed by atoms with Crippen molar-refractivity contribution in [1.29, 1.82) is 0 Å². The van der Waals surface area contributed by atoms with Gasteiger partial charge in [0.15, 0.2) is 5.43 Å². The quantitative estimate of drug-likeness (QED) is 0.759. The predicted octanol–water partition coefficient (Wildman–Crippen LogP) is 1.17. The molecule has 1 aromatic heterocycles. The Morgan fingerprint density at radius 3 is 2.83 bits per heavy atom. The highest BCUT2D eigenvalue weighted by atomic mass is 79.9. The van der Waals surface area contributed by atoms with Gasteiger partial charge >= 0.3 is 0 Å². The van der Waals surface area contributed by atoms with E-state index in [1.165, 1.54) is 0 Å². The SMILES string of the molecule is O=c1c(Br)c[nH]cc1[C@@H]1CCN1. The summed E-state index contributed by atoms with van der Waals surface area (Å²) in [5, 5.41) is 3.19. The van der Waals surface area contributed by atoms with Crippen LogP contribution in [-0.4, -0.2) is 11.5 Å². The molecule has 12 heavy (non-hydrogen) atoms. The molecule has 2 N–H and O–H groups in total. The van der Waals surface area contributed by atoms with Crippen molar-refractivity contribution in [3.8, 4) is 0 Å². The number of halogens is 1. The third kappa shape index (κ3) is 1.21. The lowest BCUT2D eigenvalue weighted by molar-refractivity contribution is 0.380. The molecule has 0 aromatic carbocycles.